The summed E-state index contributed by atoms with van der Waals surface area (Å²) < 4.78 is 5.67. The zero-order valence-electron chi connectivity index (χ0n) is 16.2. The van der Waals surface area contributed by atoms with E-state index >= 15 is 0 Å². The smallest absolute Gasteiger partial charge is 0.334 e. The summed E-state index contributed by atoms with van der Waals surface area (Å²) >= 11 is 6.09. The highest BCUT2D eigenvalue weighted by Gasteiger charge is 2.28. The molecule has 0 saturated heterocycles. The van der Waals surface area contributed by atoms with Gasteiger partial charge in [0.05, 0.1) is 10.6 Å². The van der Waals surface area contributed by atoms with E-state index in [1.165, 1.54) is 0 Å². The van der Waals surface area contributed by atoms with Crippen LogP contribution in [0.3, 0.4) is 0 Å². The summed E-state index contributed by atoms with van der Waals surface area (Å²) in [6, 6.07) is 13.5. The SMILES string of the molecule is CCC(C)c1ccccc1OC(=O)C(NC(=O)c1ccccc1Cl)C(C)C. The number of benzene rings is 2. The van der Waals surface area contributed by atoms with E-state index in [1.54, 1.807) is 30.3 Å². The third kappa shape index (κ3) is 5.33. The molecule has 2 aromatic rings. The molecule has 5 heteroatoms. The Labute approximate surface area is 165 Å². The maximum atomic E-state index is 12.8. The van der Waals surface area contributed by atoms with Crippen LogP contribution in [-0.2, 0) is 4.79 Å². The summed E-state index contributed by atoms with van der Waals surface area (Å²) in [4.78, 5) is 25.4. The molecule has 27 heavy (non-hydrogen) atoms. The minimum atomic E-state index is -0.779. The van der Waals surface area contributed by atoms with Crippen LogP contribution in [0.15, 0.2) is 48.5 Å². The van der Waals surface area contributed by atoms with Crippen LogP contribution in [-0.4, -0.2) is 17.9 Å². The van der Waals surface area contributed by atoms with Gasteiger partial charge in [0.15, 0.2) is 0 Å². The van der Waals surface area contributed by atoms with Crippen molar-refractivity contribution in [3.8, 4) is 5.75 Å². The summed E-state index contributed by atoms with van der Waals surface area (Å²) in [7, 11) is 0. The number of amides is 1. The molecule has 2 rings (SSSR count). The first-order valence-electron chi connectivity index (χ1n) is 9.21. The van der Waals surface area contributed by atoms with Gasteiger partial charge in [-0.1, -0.05) is 69.6 Å². The maximum absolute atomic E-state index is 12.8. The molecule has 0 aliphatic carbocycles. The molecule has 144 valence electrons. The summed E-state index contributed by atoms with van der Waals surface area (Å²) in [6.45, 7) is 7.90. The minimum absolute atomic E-state index is 0.139. The van der Waals surface area contributed by atoms with E-state index in [9.17, 15) is 9.59 Å². The average molecular weight is 388 g/mol. The fraction of sp³-hybridized carbons (Fsp3) is 0.364. The van der Waals surface area contributed by atoms with Crippen LogP contribution in [0.25, 0.3) is 0 Å². The fourth-order valence-electron chi connectivity index (χ4n) is 2.73. The monoisotopic (exact) mass is 387 g/mol. The van der Waals surface area contributed by atoms with Gasteiger partial charge in [-0.25, -0.2) is 4.79 Å². The van der Waals surface area contributed by atoms with Gasteiger partial charge in [0, 0.05) is 0 Å². The number of carbonyl (C=O) groups excluding carboxylic acids is 2. The van der Waals surface area contributed by atoms with Gasteiger partial charge < -0.3 is 10.1 Å². The third-order valence-electron chi connectivity index (χ3n) is 4.60. The topological polar surface area (TPSA) is 55.4 Å². The summed E-state index contributed by atoms with van der Waals surface area (Å²) in [5, 5.41) is 3.10. The zero-order valence-corrected chi connectivity index (χ0v) is 16.9. The molecule has 0 aromatic heterocycles. The molecule has 0 heterocycles. The van der Waals surface area contributed by atoms with E-state index in [2.05, 4.69) is 19.2 Å². The molecule has 0 spiro atoms. The summed E-state index contributed by atoms with van der Waals surface area (Å²) in [5.74, 6) is -0.217. The van der Waals surface area contributed by atoms with E-state index in [4.69, 9.17) is 16.3 Å². The normalized spacial score (nSPS) is 13.1. The molecular weight excluding hydrogens is 362 g/mol. The molecule has 2 aromatic carbocycles. The van der Waals surface area contributed by atoms with Gasteiger partial charge in [-0.3, -0.25) is 4.79 Å². The molecule has 0 saturated carbocycles. The number of hydrogen-bond donors (Lipinski definition) is 1. The number of ether oxygens (including phenoxy) is 1. The Bertz CT molecular complexity index is 804. The van der Waals surface area contributed by atoms with Crippen molar-refractivity contribution in [1.29, 1.82) is 0 Å². The first-order valence-corrected chi connectivity index (χ1v) is 9.58. The predicted octanol–water partition coefficient (Wildman–Crippen LogP) is 5.21. The lowest BCUT2D eigenvalue weighted by Crippen LogP contribution is -2.46. The highest BCUT2D eigenvalue weighted by atomic mass is 35.5. The molecule has 0 bridgehead atoms. The van der Waals surface area contributed by atoms with Gasteiger partial charge in [0.2, 0.25) is 0 Å². The second-order valence-electron chi connectivity index (χ2n) is 6.94. The summed E-state index contributed by atoms with van der Waals surface area (Å²) in [6.07, 6.45) is 0.936. The molecule has 2 unspecified atom stereocenters. The molecule has 0 fully saturated rings. The maximum Gasteiger partial charge on any atom is 0.334 e. The molecule has 1 amide bonds. The van der Waals surface area contributed by atoms with Crippen LogP contribution in [0.1, 0.15) is 56.0 Å². The van der Waals surface area contributed by atoms with E-state index in [-0.39, 0.29) is 11.8 Å². The van der Waals surface area contributed by atoms with E-state index < -0.39 is 17.9 Å². The van der Waals surface area contributed by atoms with Gasteiger partial charge in [-0.05, 0) is 42.0 Å². The second-order valence-corrected chi connectivity index (χ2v) is 7.35. The Kier molecular flexibility index (Phi) is 7.43. The highest BCUT2D eigenvalue weighted by Crippen LogP contribution is 2.29. The molecule has 4 nitrogen and oxygen atoms in total. The van der Waals surface area contributed by atoms with Crippen LogP contribution < -0.4 is 10.1 Å². The van der Waals surface area contributed by atoms with Gasteiger partial charge >= 0.3 is 5.97 Å². The zero-order chi connectivity index (χ0) is 20.0. The van der Waals surface area contributed by atoms with Crippen LogP contribution in [0.4, 0.5) is 0 Å². The fourth-order valence-corrected chi connectivity index (χ4v) is 2.96. The van der Waals surface area contributed by atoms with Crippen molar-refractivity contribution in [2.45, 2.75) is 46.1 Å². The lowest BCUT2D eigenvalue weighted by molar-refractivity contribution is -0.137. The standard InChI is InChI=1S/C22H26ClNO3/c1-5-15(4)16-10-7-9-13-19(16)27-22(26)20(14(2)3)24-21(25)17-11-6-8-12-18(17)23/h6-15,20H,5H2,1-4H3,(H,24,25). The van der Waals surface area contributed by atoms with Crippen LogP contribution >= 0.6 is 11.6 Å². The minimum Gasteiger partial charge on any atom is -0.425 e. The molecule has 0 radical (unpaired) electrons. The van der Waals surface area contributed by atoms with Crippen LogP contribution in [0.2, 0.25) is 5.02 Å². The lowest BCUT2D eigenvalue weighted by Gasteiger charge is -2.22. The number of para-hydroxylation sites is 1. The van der Waals surface area contributed by atoms with E-state index in [1.807, 2.05) is 32.0 Å². The number of nitrogens with one attached hydrogen (secondary N) is 1. The molecular formula is C22H26ClNO3. The van der Waals surface area contributed by atoms with Crippen molar-refractivity contribution in [2.75, 3.05) is 0 Å². The van der Waals surface area contributed by atoms with Gasteiger partial charge in [0.1, 0.15) is 11.8 Å². The molecule has 0 aliphatic rings. The van der Waals surface area contributed by atoms with Crippen LogP contribution in [0.5, 0.6) is 5.75 Å². The van der Waals surface area contributed by atoms with Crippen molar-refractivity contribution >= 4 is 23.5 Å². The Balaban J connectivity index is 2.19. The predicted molar refractivity (Wildman–Crippen MR) is 108 cm³/mol. The Morgan fingerprint density at radius 3 is 2.30 bits per heavy atom. The van der Waals surface area contributed by atoms with Crippen molar-refractivity contribution in [3.05, 3.63) is 64.7 Å². The van der Waals surface area contributed by atoms with Crippen molar-refractivity contribution in [3.63, 3.8) is 0 Å². The van der Waals surface area contributed by atoms with Crippen molar-refractivity contribution in [2.24, 2.45) is 5.92 Å². The first-order chi connectivity index (χ1) is 12.8. The molecule has 1 N–H and O–H groups in total. The highest BCUT2D eigenvalue weighted by molar-refractivity contribution is 6.33. The lowest BCUT2D eigenvalue weighted by atomic mass is 9.97. The third-order valence-corrected chi connectivity index (χ3v) is 4.93. The van der Waals surface area contributed by atoms with Gasteiger partial charge in [-0.2, -0.15) is 0 Å². The molecule has 2 atom stereocenters. The van der Waals surface area contributed by atoms with Gasteiger partial charge in [0.25, 0.3) is 5.91 Å². The Hall–Kier alpha value is -2.33. The second kappa shape index (κ2) is 9.56. The number of esters is 1. The Morgan fingerprint density at radius 2 is 1.67 bits per heavy atom. The van der Waals surface area contributed by atoms with Crippen molar-refractivity contribution < 1.29 is 14.3 Å². The largest absolute Gasteiger partial charge is 0.425 e. The summed E-state index contributed by atoms with van der Waals surface area (Å²) in [5.41, 5.74) is 1.31. The quantitative estimate of drug-likeness (QED) is 0.523. The number of rotatable bonds is 7. The Morgan fingerprint density at radius 1 is 1.04 bits per heavy atom. The van der Waals surface area contributed by atoms with E-state index in [0.717, 1.165) is 12.0 Å². The van der Waals surface area contributed by atoms with Crippen LogP contribution in [0, 0.1) is 5.92 Å². The average Bonchev–Trinajstić information content (AvgIpc) is 2.65. The van der Waals surface area contributed by atoms with E-state index in [0.29, 0.717) is 16.3 Å². The number of halogens is 1. The van der Waals surface area contributed by atoms with Crippen molar-refractivity contribution in [1.82, 2.24) is 5.32 Å². The number of carbonyl (C=O) groups is 2. The molecule has 0 aliphatic heterocycles. The van der Waals surface area contributed by atoms with Gasteiger partial charge in [-0.15, -0.1) is 0 Å². The number of hydrogen-bond acceptors (Lipinski definition) is 3. The first kappa shape index (κ1) is 21.0.